The highest BCUT2D eigenvalue weighted by atomic mass is 19.1. The molecular formula is C21H26FN3O3. The fraction of sp³-hybridized carbons (Fsp3) is 0.524. The average molecular weight is 387 g/mol. The number of carbonyl (C=O) groups excluding carboxylic acids is 1. The van der Waals surface area contributed by atoms with Crippen molar-refractivity contribution in [2.45, 2.75) is 38.2 Å². The second-order valence-corrected chi connectivity index (χ2v) is 7.47. The lowest BCUT2D eigenvalue weighted by Gasteiger charge is -2.33. The molecule has 2 aliphatic rings. The molecule has 7 heteroatoms. The Morgan fingerprint density at radius 1 is 1.32 bits per heavy atom. The van der Waals surface area contributed by atoms with Gasteiger partial charge in [-0.3, -0.25) is 9.89 Å². The summed E-state index contributed by atoms with van der Waals surface area (Å²) in [7, 11) is 0. The van der Waals surface area contributed by atoms with E-state index in [4.69, 9.17) is 9.47 Å². The van der Waals surface area contributed by atoms with Crippen LogP contribution in [0.4, 0.5) is 4.39 Å². The molecule has 0 bridgehead atoms. The summed E-state index contributed by atoms with van der Waals surface area (Å²) in [6.07, 6.45) is 4.70. The van der Waals surface area contributed by atoms with Crippen LogP contribution in [0.15, 0.2) is 30.3 Å². The molecule has 1 unspecified atom stereocenters. The van der Waals surface area contributed by atoms with Crippen molar-refractivity contribution in [1.82, 2.24) is 15.1 Å². The van der Waals surface area contributed by atoms with Crippen LogP contribution in [-0.4, -0.2) is 47.3 Å². The van der Waals surface area contributed by atoms with E-state index < -0.39 is 0 Å². The first-order chi connectivity index (χ1) is 13.7. The van der Waals surface area contributed by atoms with Crippen LogP contribution in [0, 0.1) is 11.7 Å². The van der Waals surface area contributed by atoms with Gasteiger partial charge in [0.05, 0.1) is 25.5 Å². The number of ether oxygens (including phenoxy) is 2. The van der Waals surface area contributed by atoms with Crippen molar-refractivity contribution in [3.8, 4) is 5.75 Å². The molecule has 1 aromatic carbocycles. The minimum absolute atomic E-state index is 0.184. The smallest absolute Gasteiger partial charge is 0.225 e. The van der Waals surface area contributed by atoms with Gasteiger partial charge in [0.25, 0.3) is 0 Å². The van der Waals surface area contributed by atoms with E-state index in [0.29, 0.717) is 32.7 Å². The zero-order valence-corrected chi connectivity index (χ0v) is 15.9. The van der Waals surface area contributed by atoms with Crippen LogP contribution in [0.2, 0.25) is 0 Å². The summed E-state index contributed by atoms with van der Waals surface area (Å²) in [5, 5.41) is 7.35. The van der Waals surface area contributed by atoms with Crippen LogP contribution in [0.5, 0.6) is 5.75 Å². The maximum atomic E-state index is 13.6. The zero-order chi connectivity index (χ0) is 19.3. The summed E-state index contributed by atoms with van der Waals surface area (Å²) < 4.78 is 24.9. The van der Waals surface area contributed by atoms with Crippen molar-refractivity contribution >= 4 is 5.91 Å². The monoisotopic (exact) mass is 387 g/mol. The summed E-state index contributed by atoms with van der Waals surface area (Å²) in [4.78, 5) is 14.6. The lowest BCUT2D eigenvalue weighted by Crippen LogP contribution is -2.44. The van der Waals surface area contributed by atoms with Gasteiger partial charge >= 0.3 is 0 Å². The summed E-state index contributed by atoms with van der Waals surface area (Å²) in [6, 6.07) is 8.31. The summed E-state index contributed by atoms with van der Waals surface area (Å²) >= 11 is 0. The summed E-state index contributed by atoms with van der Waals surface area (Å²) in [5.41, 5.74) is 1.69. The molecule has 1 aromatic heterocycles. The van der Waals surface area contributed by atoms with Crippen LogP contribution in [0.25, 0.3) is 0 Å². The average Bonchev–Trinajstić information content (AvgIpc) is 3.41. The largest absolute Gasteiger partial charge is 0.490 e. The number of carbonyl (C=O) groups is 1. The molecule has 0 radical (unpaired) electrons. The Labute approximate surface area is 164 Å². The predicted octanol–water partition coefficient (Wildman–Crippen LogP) is 3.26. The molecule has 6 nitrogen and oxygen atoms in total. The minimum Gasteiger partial charge on any atom is -0.490 e. The molecule has 2 fully saturated rings. The molecule has 0 spiro atoms. The van der Waals surface area contributed by atoms with E-state index in [-0.39, 0.29) is 29.5 Å². The minimum atomic E-state index is -0.365. The predicted molar refractivity (Wildman–Crippen MR) is 101 cm³/mol. The third-order valence-corrected chi connectivity index (χ3v) is 5.53. The van der Waals surface area contributed by atoms with Gasteiger partial charge in [0.2, 0.25) is 5.91 Å². The Bertz CT molecular complexity index is 804. The number of hydrogen-bond donors (Lipinski definition) is 1. The highest BCUT2D eigenvalue weighted by molar-refractivity contribution is 5.79. The molecule has 4 rings (SSSR count). The number of nitrogens with one attached hydrogen (secondary N) is 1. The Morgan fingerprint density at radius 3 is 2.96 bits per heavy atom. The Kier molecular flexibility index (Phi) is 5.90. The first-order valence-electron chi connectivity index (χ1n) is 10.0. The van der Waals surface area contributed by atoms with Gasteiger partial charge in [0.1, 0.15) is 6.10 Å². The van der Waals surface area contributed by atoms with Crippen molar-refractivity contribution in [1.29, 1.82) is 0 Å². The van der Waals surface area contributed by atoms with Gasteiger partial charge in [0.15, 0.2) is 11.6 Å². The second kappa shape index (κ2) is 8.73. The lowest BCUT2D eigenvalue weighted by atomic mass is 10.1. The Morgan fingerprint density at radius 2 is 2.14 bits per heavy atom. The van der Waals surface area contributed by atoms with Crippen molar-refractivity contribution in [3.63, 3.8) is 0 Å². The normalized spacial score (nSPS) is 20.5. The molecule has 1 amide bonds. The lowest BCUT2D eigenvalue weighted by molar-refractivity contribution is -0.143. The fourth-order valence-corrected chi connectivity index (χ4v) is 3.96. The quantitative estimate of drug-likeness (QED) is 0.826. The molecule has 150 valence electrons. The number of rotatable bonds is 6. The van der Waals surface area contributed by atoms with Crippen LogP contribution in [0.3, 0.4) is 0 Å². The SMILES string of the molecule is O=C(C1CCCC1)N1CCOC(c2cc(CCOc3ccccc3F)[nH]n2)C1. The molecule has 2 aromatic rings. The standard InChI is InChI=1S/C21H26FN3O3/c22-17-7-3-4-8-19(17)27-11-9-16-13-18(24-23-16)20-14-25(10-12-28-20)21(26)15-5-1-2-6-15/h3-4,7-8,13,15,20H,1-2,5-6,9-12,14H2,(H,23,24). The van der Waals surface area contributed by atoms with Crippen molar-refractivity contribution in [3.05, 3.63) is 47.5 Å². The molecule has 1 N–H and O–H groups in total. The number of hydrogen-bond acceptors (Lipinski definition) is 4. The topological polar surface area (TPSA) is 67.5 Å². The molecule has 1 saturated carbocycles. The molecular weight excluding hydrogens is 361 g/mol. The van der Waals surface area contributed by atoms with Crippen molar-refractivity contribution in [2.24, 2.45) is 5.92 Å². The van der Waals surface area contributed by atoms with E-state index in [1.807, 2.05) is 11.0 Å². The summed E-state index contributed by atoms with van der Waals surface area (Å²) in [6.45, 7) is 2.08. The fourth-order valence-electron chi connectivity index (χ4n) is 3.96. The van der Waals surface area contributed by atoms with Gasteiger partial charge in [-0.25, -0.2) is 4.39 Å². The van der Waals surface area contributed by atoms with Gasteiger partial charge in [-0.15, -0.1) is 0 Å². The highest BCUT2D eigenvalue weighted by Gasteiger charge is 2.32. The molecule has 1 atom stereocenters. The van der Waals surface area contributed by atoms with E-state index in [1.165, 1.54) is 6.07 Å². The van der Waals surface area contributed by atoms with E-state index in [2.05, 4.69) is 10.2 Å². The Hall–Kier alpha value is -2.41. The molecule has 1 aliphatic heterocycles. The van der Waals surface area contributed by atoms with Crippen molar-refractivity contribution < 1.29 is 18.7 Å². The number of halogens is 1. The number of nitrogens with zero attached hydrogens (tertiary/aromatic N) is 2. The molecule has 28 heavy (non-hydrogen) atoms. The summed E-state index contributed by atoms with van der Waals surface area (Å²) in [5.74, 6) is 0.332. The first-order valence-corrected chi connectivity index (χ1v) is 10.0. The molecule has 2 heterocycles. The third kappa shape index (κ3) is 4.35. The van der Waals surface area contributed by atoms with Crippen LogP contribution in [-0.2, 0) is 16.0 Å². The number of aromatic nitrogens is 2. The molecule has 1 aliphatic carbocycles. The van der Waals surface area contributed by atoms with Crippen molar-refractivity contribution in [2.75, 3.05) is 26.3 Å². The number of amides is 1. The highest BCUT2D eigenvalue weighted by Crippen LogP contribution is 2.29. The van der Waals surface area contributed by atoms with Gasteiger partial charge in [-0.05, 0) is 31.0 Å². The van der Waals surface area contributed by atoms with Crippen LogP contribution >= 0.6 is 0 Å². The number of aromatic amines is 1. The maximum Gasteiger partial charge on any atom is 0.225 e. The van der Waals surface area contributed by atoms with Gasteiger partial charge in [0, 0.05) is 24.6 Å². The zero-order valence-electron chi connectivity index (χ0n) is 15.9. The van der Waals surface area contributed by atoms with Crippen LogP contribution < -0.4 is 4.74 Å². The van der Waals surface area contributed by atoms with Gasteiger partial charge in [-0.2, -0.15) is 5.10 Å². The third-order valence-electron chi connectivity index (χ3n) is 5.53. The second-order valence-electron chi connectivity index (χ2n) is 7.47. The first kappa shape index (κ1) is 18.9. The number of benzene rings is 1. The number of para-hydroxylation sites is 1. The Balaban J connectivity index is 1.30. The van der Waals surface area contributed by atoms with Gasteiger partial charge in [-0.1, -0.05) is 25.0 Å². The number of morpholine rings is 1. The maximum absolute atomic E-state index is 13.6. The van der Waals surface area contributed by atoms with Crippen LogP contribution in [0.1, 0.15) is 43.2 Å². The van der Waals surface area contributed by atoms with E-state index in [0.717, 1.165) is 37.1 Å². The van der Waals surface area contributed by atoms with E-state index in [9.17, 15) is 9.18 Å². The molecule has 1 saturated heterocycles. The van der Waals surface area contributed by atoms with E-state index >= 15 is 0 Å². The number of H-pyrrole nitrogens is 1. The van der Waals surface area contributed by atoms with E-state index in [1.54, 1.807) is 18.2 Å². The van der Waals surface area contributed by atoms with Gasteiger partial charge < -0.3 is 14.4 Å².